The zero-order valence-corrected chi connectivity index (χ0v) is 19.5. The van der Waals surface area contributed by atoms with Crippen LogP contribution in [0.1, 0.15) is 37.2 Å². The van der Waals surface area contributed by atoms with Crippen molar-refractivity contribution in [2.24, 2.45) is 5.92 Å². The lowest BCUT2D eigenvalue weighted by Gasteiger charge is -2.39. The predicted octanol–water partition coefficient (Wildman–Crippen LogP) is 3.22. The highest BCUT2D eigenvalue weighted by Crippen LogP contribution is 2.26. The number of hydrogen-bond acceptors (Lipinski definition) is 5. The maximum Gasteiger partial charge on any atom is 0.272 e. The van der Waals surface area contributed by atoms with Gasteiger partial charge in [-0.2, -0.15) is 0 Å². The highest BCUT2D eigenvalue weighted by molar-refractivity contribution is 7.98. The summed E-state index contributed by atoms with van der Waals surface area (Å²) in [6.07, 6.45) is 4.84. The number of benzene rings is 1. The van der Waals surface area contributed by atoms with E-state index >= 15 is 0 Å². The van der Waals surface area contributed by atoms with Gasteiger partial charge >= 0.3 is 0 Å². The molecule has 2 aromatic rings. The van der Waals surface area contributed by atoms with E-state index in [1.165, 1.54) is 23.9 Å². The lowest BCUT2D eigenvalue weighted by atomic mass is 9.94. The van der Waals surface area contributed by atoms with Crippen molar-refractivity contribution in [2.75, 3.05) is 32.4 Å². The molecule has 2 atom stereocenters. The van der Waals surface area contributed by atoms with Crippen LogP contribution in [0.2, 0.25) is 0 Å². The van der Waals surface area contributed by atoms with E-state index in [0.717, 1.165) is 0 Å². The molecule has 2 amide bonds. The quantitative estimate of drug-likeness (QED) is 0.656. The molecule has 2 fully saturated rings. The smallest absolute Gasteiger partial charge is 0.272 e. The number of ether oxygens (including phenoxy) is 1. The van der Waals surface area contributed by atoms with E-state index in [4.69, 9.17) is 4.74 Å². The van der Waals surface area contributed by atoms with Crippen molar-refractivity contribution in [3.05, 3.63) is 42.0 Å². The Morgan fingerprint density at radius 1 is 1.06 bits per heavy atom. The lowest BCUT2D eigenvalue weighted by Crippen LogP contribution is -2.51. The van der Waals surface area contributed by atoms with Crippen molar-refractivity contribution in [2.45, 2.75) is 44.1 Å². The number of morpholine rings is 1. The van der Waals surface area contributed by atoms with Crippen LogP contribution in [0.5, 0.6) is 0 Å². The molecule has 1 aromatic carbocycles. The molecule has 4 rings (SSSR count). The molecule has 172 valence electrons. The molecule has 2 aliphatic rings. The molecule has 2 saturated heterocycles. The van der Waals surface area contributed by atoms with Gasteiger partial charge in [0.05, 0.1) is 18.4 Å². The van der Waals surface area contributed by atoms with E-state index in [1.54, 1.807) is 27.8 Å². The molecule has 0 radical (unpaired) electrons. The number of imidazole rings is 1. The van der Waals surface area contributed by atoms with Crippen LogP contribution < -0.4 is 0 Å². The van der Waals surface area contributed by atoms with Gasteiger partial charge in [-0.05, 0) is 57.2 Å². The van der Waals surface area contributed by atoms with Crippen molar-refractivity contribution in [3.8, 4) is 5.69 Å². The maximum absolute atomic E-state index is 13.4. The normalized spacial score (nSPS) is 22.2. The van der Waals surface area contributed by atoms with Gasteiger partial charge in [0.1, 0.15) is 11.5 Å². The van der Waals surface area contributed by atoms with Crippen LogP contribution in [0, 0.1) is 11.7 Å². The largest absolute Gasteiger partial charge is 0.372 e. The summed E-state index contributed by atoms with van der Waals surface area (Å²) in [5.74, 6) is -0.356. The fraction of sp³-hybridized carbons (Fsp3) is 0.522. The number of thioether (sulfide) groups is 1. The number of likely N-dealkylation sites (tertiary alicyclic amines) is 1. The van der Waals surface area contributed by atoms with Gasteiger partial charge in [-0.1, -0.05) is 11.8 Å². The molecule has 0 saturated carbocycles. The minimum Gasteiger partial charge on any atom is -0.372 e. The summed E-state index contributed by atoms with van der Waals surface area (Å²) < 4.78 is 20.9. The summed E-state index contributed by atoms with van der Waals surface area (Å²) in [4.78, 5) is 34.4. The first-order valence-electron chi connectivity index (χ1n) is 11.0. The molecule has 7 nitrogen and oxygen atoms in total. The Labute approximate surface area is 191 Å². The van der Waals surface area contributed by atoms with Crippen LogP contribution in [0.25, 0.3) is 5.69 Å². The third kappa shape index (κ3) is 4.68. The number of nitrogens with zero attached hydrogens (tertiary/aromatic N) is 4. The molecule has 32 heavy (non-hydrogen) atoms. The summed E-state index contributed by atoms with van der Waals surface area (Å²) in [7, 11) is 0. The fourth-order valence-electron chi connectivity index (χ4n) is 4.58. The molecule has 2 aliphatic heterocycles. The second-order valence-electron chi connectivity index (χ2n) is 8.51. The lowest BCUT2D eigenvalue weighted by molar-refractivity contribution is -0.148. The van der Waals surface area contributed by atoms with E-state index in [-0.39, 0.29) is 35.8 Å². The van der Waals surface area contributed by atoms with Crippen molar-refractivity contribution >= 4 is 23.6 Å². The Hall–Kier alpha value is -2.39. The minimum absolute atomic E-state index is 0.0433. The number of halogens is 1. The van der Waals surface area contributed by atoms with E-state index in [0.29, 0.717) is 55.6 Å². The van der Waals surface area contributed by atoms with Gasteiger partial charge < -0.3 is 14.5 Å². The Balaban J connectivity index is 1.44. The Kier molecular flexibility index (Phi) is 6.85. The van der Waals surface area contributed by atoms with E-state index in [9.17, 15) is 14.0 Å². The summed E-state index contributed by atoms with van der Waals surface area (Å²) in [6.45, 7) is 6.27. The second-order valence-corrected chi connectivity index (χ2v) is 9.28. The van der Waals surface area contributed by atoms with Crippen LogP contribution in [0.15, 0.2) is 35.6 Å². The summed E-state index contributed by atoms with van der Waals surface area (Å²) in [5, 5.41) is 0.667. The maximum atomic E-state index is 13.4. The molecule has 9 heteroatoms. The van der Waals surface area contributed by atoms with Gasteiger partial charge in [0.25, 0.3) is 5.91 Å². The first-order chi connectivity index (χ1) is 15.4. The third-order valence-electron chi connectivity index (χ3n) is 6.08. The van der Waals surface area contributed by atoms with Crippen molar-refractivity contribution in [1.82, 2.24) is 19.4 Å². The minimum atomic E-state index is -0.330. The first kappa shape index (κ1) is 22.8. The Morgan fingerprint density at radius 3 is 2.28 bits per heavy atom. The highest BCUT2D eigenvalue weighted by Gasteiger charge is 2.34. The van der Waals surface area contributed by atoms with Gasteiger partial charge in [0, 0.05) is 37.8 Å². The molecular weight excluding hydrogens is 431 g/mol. The Morgan fingerprint density at radius 2 is 1.69 bits per heavy atom. The summed E-state index contributed by atoms with van der Waals surface area (Å²) in [5.41, 5.74) is 1.14. The van der Waals surface area contributed by atoms with Gasteiger partial charge in [0.15, 0.2) is 5.16 Å². The van der Waals surface area contributed by atoms with Gasteiger partial charge in [-0.25, -0.2) is 9.37 Å². The van der Waals surface area contributed by atoms with Crippen molar-refractivity contribution < 1.29 is 18.7 Å². The number of piperidine rings is 1. The monoisotopic (exact) mass is 460 g/mol. The molecule has 0 aliphatic carbocycles. The second kappa shape index (κ2) is 9.62. The zero-order chi connectivity index (χ0) is 22.8. The van der Waals surface area contributed by atoms with Crippen LogP contribution in [-0.4, -0.2) is 75.8 Å². The number of aromatic nitrogens is 2. The number of amides is 2. The SMILES string of the molecule is CSc1ncc(C(=O)N2CCC(C(=O)N3CC(C)OC(C)C3)CC2)n1-c1ccc(F)cc1. The van der Waals surface area contributed by atoms with Crippen LogP contribution in [0.3, 0.4) is 0 Å². The molecule has 0 bridgehead atoms. The third-order valence-corrected chi connectivity index (χ3v) is 6.73. The number of hydrogen-bond donors (Lipinski definition) is 0. The van der Waals surface area contributed by atoms with Crippen LogP contribution in [0.4, 0.5) is 4.39 Å². The molecule has 3 heterocycles. The highest BCUT2D eigenvalue weighted by atomic mass is 32.2. The van der Waals surface area contributed by atoms with Crippen LogP contribution >= 0.6 is 11.8 Å². The summed E-state index contributed by atoms with van der Waals surface area (Å²) >= 11 is 1.43. The topological polar surface area (TPSA) is 67.7 Å². The first-order valence-corrected chi connectivity index (χ1v) is 12.2. The molecule has 0 N–H and O–H groups in total. The van der Waals surface area contributed by atoms with E-state index in [1.807, 2.05) is 25.0 Å². The molecule has 1 aromatic heterocycles. The Bertz CT molecular complexity index is 962. The average Bonchev–Trinajstić information content (AvgIpc) is 3.22. The van der Waals surface area contributed by atoms with Gasteiger partial charge in [-0.3, -0.25) is 14.2 Å². The summed E-state index contributed by atoms with van der Waals surface area (Å²) in [6, 6.07) is 6.03. The van der Waals surface area contributed by atoms with Crippen LogP contribution in [-0.2, 0) is 9.53 Å². The predicted molar refractivity (Wildman–Crippen MR) is 121 cm³/mol. The number of rotatable bonds is 4. The number of carbonyl (C=O) groups excluding carboxylic acids is 2. The van der Waals surface area contributed by atoms with Gasteiger partial charge in [0.2, 0.25) is 5.91 Å². The molecule has 0 spiro atoms. The average molecular weight is 461 g/mol. The van der Waals surface area contributed by atoms with Crippen molar-refractivity contribution in [3.63, 3.8) is 0 Å². The fourth-order valence-corrected chi connectivity index (χ4v) is 5.12. The van der Waals surface area contributed by atoms with E-state index < -0.39 is 0 Å². The zero-order valence-electron chi connectivity index (χ0n) is 18.7. The van der Waals surface area contributed by atoms with E-state index in [2.05, 4.69) is 4.98 Å². The standard InChI is InChI=1S/C23H29FN4O3S/c1-15-13-27(14-16(2)31-15)21(29)17-8-10-26(11-9-17)22(30)20-12-25-23(32-3)28(20)19-6-4-18(24)5-7-19/h4-7,12,15-17H,8-11,13-14H2,1-3H3. The number of carbonyl (C=O) groups is 2. The van der Waals surface area contributed by atoms with Crippen molar-refractivity contribution in [1.29, 1.82) is 0 Å². The molecular formula is C23H29FN4O3S. The van der Waals surface area contributed by atoms with Gasteiger partial charge in [-0.15, -0.1) is 0 Å². The molecule has 2 unspecified atom stereocenters.